The molecule has 24 heavy (non-hydrogen) atoms. The summed E-state index contributed by atoms with van der Waals surface area (Å²) >= 11 is 0. The molecule has 0 aromatic heterocycles. The highest BCUT2D eigenvalue weighted by Crippen LogP contribution is 2.36. The van der Waals surface area contributed by atoms with Gasteiger partial charge in [0.2, 0.25) is 0 Å². The maximum atomic E-state index is 11.9. The summed E-state index contributed by atoms with van der Waals surface area (Å²) in [6.07, 6.45) is 0.517. The number of hydrogen-bond acceptors (Lipinski definition) is 5. The molecule has 0 bridgehead atoms. The van der Waals surface area contributed by atoms with Crippen LogP contribution >= 0.6 is 0 Å². The van der Waals surface area contributed by atoms with Gasteiger partial charge >= 0.3 is 5.97 Å². The molecule has 5 nitrogen and oxygen atoms in total. The van der Waals surface area contributed by atoms with Gasteiger partial charge in [-0.25, -0.2) is 0 Å². The average Bonchev–Trinajstić information content (AvgIpc) is 2.65. The molecule has 0 aliphatic carbocycles. The van der Waals surface area contributed by atoms with Crippen LogP contribution in [0.3, 0.4) is 0 Å². The van der Waals surface area contributed by atoms with Crippen LogP contribution < -0.4 is 14.8 Å². The Bertz CT molecular complexity index is 715. The first-order valence-corrected chi connectivity index (χ1v) is 7.89. The van der Waals surface area contributed by atoms with E-state index in [1.807, 2.05) is 42.5 Å². The first-order chi connectivity index (χ1) is 11.7. The molecule has 3 rings (SSSR count). The smallest absolute Gasteiger partial charge is 0.323 e. The lowest BCUT2D eigenvalue weighted by Crippen LogP contribution is -2.42. The van der Waals surface area contributed by atoms with Crippen molar-refractivity contribution in [3.05, 3.63) is 59.2 Å². The van der Waals surface area contributed by atoms with Crippen molar-refractivity contribution >= 4 is 5.97 Å². The maximum absolute atomic E-state index is 11.9. The van der Waals surface area contributed by atoms with Gasteiger partial charge in [-0.05, 0) is 17.2 Å². The van der Waals surface area contributed by atoms with Crippen molar-refractivity contribution in [1.82, 2.24) is 5.32 Å². The van der Waals surface area contributed by atoms with Crippen LogP contribution in [0, 0.1) is 0 Å². The van der Waals surface area contributed by atoms with E-state index in [4.69, 9.17) is 14.2 Å². The second kappa shape index (κ2) is 7.36. The maximum Gasteiger partial charge on any atom is 0.323 e. The normalized spacial score (nSPS) is 16.2. The number of rotatable bonds is 5. The van der Waals surface area contributed by atoms with E-state index >= 15 is 0 Å². The van der Waals surface area contributed by atoms with Gasteiger partial charge in [-0.1, -0.05) is 36.4 Å². The van der Waals surface area contributed by atoms with Gasteiger partial charge in [0.1, 0.15) is 12.6 Å². The third-order valence-corrected chi connectivity index (χ3v) is 4.20. The molecule has 2 aromatic rings. The summed E-state index contributed by atoms with van der Waals surface area (Å²) in [5.41, 5.74) is 3.19. The topological polar surface area (TPSA) is 56.8 Å². The van der Waals surface area contributed by atoms with E-state index in [0.29, 0.717) is 31.1 Å². The number of ether oxygens (including phenoxy) is 3. The van der Waals surface area contributed by atoms with Crippen LogP contribution in [0.2, 0.25) is 0 Å². The highest BCUT2D eigenvalue weighted by Gasteiger charge is 2.28. The van der Waals surface area contributed by atoms with E-state index in [0.717, 1.165) is 16.7 Å². The number of nitrogens with one attached hydrogen (secondary N) is 1. The van der Waals surface area contributed by atoms with Gasteiger partial charge in [-0.3, -0.25) is 4.79 Å². The monoisotopic (exact) mass is 327 g/mol. The second-order valence-electron chi connectivity index (χ2n) is 5.67. The van der Waals surface area contributed by atoms with Gasteiger partial charge in [0.15, 0.2) is 11.5 Å². The van der Waals surface area contributed by atoms with E-state index in [2.05, 4.69) is 5.32 Å². The van der Waals surface area contributed by atoms with E-state index in [-0.39, 0.29) is 12.0 Å². The van der Waals surface area contributed by atoms with Crippen LogP contribution in [0.15, 0.2) is 42.5 Å². The quantitative estimate of drug-likeness (QED) is 0.855. The fraction of sp³-hybridized carbons (Fsp3) is 0.316. The fourth-order valence-electron chi connectivity index (χ4n) is 2.90. The van der Waals surface area contributed by atoms with Gasteiger partial charge in [0, 0.05) is 18.5 Å². The predicted octanol–water partition coefficient (Wildman–Crippen LogP) is 2.46. The van der Waals surface area contributed by atoms with Crippen molar-refractivity contribution < 1.29 is 19.0 Å². The SMILES string of the molecule is COC(=O)[C@@H]1Cc2c(ccc(OC)c2OCc2ccccc2)CN1. The summed E-state index contributed by atoms with van der Waals surface area (Å²) in [5.74, 6) is 1.11. The van der Waals surface area contributed by atoms with Crippen molar-refractivity contribution in [3.8, 4) is 11.5 Å². The predicted molar refractivity (Wildman–Crippen MR) is 90.1 cm³/mol. The zero-order valence-corrected chi connectivity index (χ0v) is 13.9. The summed E-state index contributed by atoms with van der Waals surface area (Å²) in [5, 5.41) is 3.19. The largest absolute Gasteiger partial charge is 0.493 e. The van der Waals surface area contributed by atoms with Crippen molar-refractivity contribution in [2.24, 2.45) is 0 Å². The van der Waals surface area contributed by atoms with E-state index in [1.165, 1.54) is 7.11 Å². The van der Waals surface area contributed by atoms with Gasteiger partial charge in [0.05, 0.1) is 14.2 Å². The molecule has 0 saturated carbocycles. The molecular weight excluding hydrogens is 306 g/mol. The average molecular weight is 327 g/mol. The minimum atomic E-state index is -0.367. The number of methoxy groups -OCH3 is 2. The van der Waals surface area contributed by atoms with Crippen LogP contribution in [0.4, 0.5) is 0 Å². The summed E-state index contributed by atoms with van der Waals surface area (Å²) in [7, 11) is 3.02. The molecule has 0 spiro atoms. The zero-order chi connectivity index (χ0) is 16.9. The van der Waals surface area contributed by atoms with E-state index < -0.39 is 0 Å². The Morgan fingerprint density at radius 3 is 2.67 bits per heavy atom. The number of carbonyl (C=O) groups excluding carboxylic acids is 1. The van der Waals surface area contributed by atoms with Crippen LogP contribution in [-0.4, -0.2) is 26.2 Å². The molecule has 1 aliphatic rings. The van der Waals surface area contributed by atoms with Crippen molar-refractivity contribution in [3.63, 3.8) is 0 Å². The van der Waals surface area contributed by atoms with Crippen LogP contribution in [0.5, 0.6) is 11.5 Å². The fourth-order valence-corrected chi connectivity index (χ4v) is 2.90. The Morgan fingerprint density at radius 2 is 1.96 bits per heavy atom. The minimum absolute atomic E-state index is 0.266. The number of hydrogen-bond donors (Lipinski definition) is 1. The van der Waals surface area contributed by atoms with E-state index in [1.54, 1.807) is 7.11 Å². The Hall–Kier alpha value is -2.53. The Balaban J connectivity index is 1.88. The second-order valence-corrected chi connectivity index (χ2v) is 5.67. The van der Waals surface area contributed by atoms with Crippen molar-refractivity contribution in [2.45, 2.75) is 25.6 Å². The molecule has 0 radical (unpaired) electrons. The summed E-state index contributed by atoms with van der Waals surface area (Å²) in [6, 6.07) is 13.5. The number of fused-ring (bicyclic) bond motifs is 1. The minimum Gasteiger partial charge on any atom is -0.493 e. The van der Waals surface area contributed by atoms with Crippen LogP contribution in [0.1, 0.15) is 16.7 Å². The molecule has 0 unspecified atom stereocenters. The lowest BCUT2D eigenvalue weighted by atomic mass is 9.94. The Labute approximate surface area is 141 Å². The molecule has 5 heteroatoms. The third-order valence-electron chi connectivity index (χ3n) is 4.20. The molecule has 1 atom stereocenters. The van der Waals surface area contributed by atoms with E-state index in [9.17, 15) is 4.79 Å². The molecular formula is C19H21NO4. The number of carbonyl (C=O) groups is 1. The molecule has 0 fully saturated rings. The molecule has 0 amide bonds. The molecule has 1 aliphatic heterocycles. The van der Waals surface area contributed by atoms with Gasteiger partial charge in [-0.2, -0.15) is 0 Å². The van der Waals surface area contributed by atoms with Crippen molar-refractivity contribution in [1.29, 1.82) is 0 Å². The third kappa shape index (κ3) is 3.36. The number of esters is 1. The molecule has 1 heterocycles. The summed E-state index contributed by atoms with van der Waals surface area (Å²) < 4.78 is 16.4. The van der Waals surface area contributed by atoms with Crippen molar-refractivity contribution in [2.75, 3.05) is 14.2 Å². The molecule has 1 N–H and O–H groups in total. The summed E-state index contributed by atoms with van der Waals surface area (Å²) in [6.45, 7) is 1.05. The standard InChI is InChI=1S/C19H21NO4/c1-22-17-9-8-14-11-20-16(19(21)23-2)10-15(14)18(17)24-12-13-6-4-3-5-7-13/h3-9,16,20H,10-12H2,1-2H3/t16-/m0/s1. The highest BCUT2D eigenvalue weighted by molar-refractivity contribution is 5.77. The first kappa shape index (κ1) is 16.3. The van der Waals surface area contributed by atoms with Gasteiger partial charge < -0.3 is 19.5 Å². The van der Waals surface area contributed by atoms with Gasteiger partial charge in [0.25, 0.3) is 0 Å². The van der Waals surface area contributed by atoms with Crippen LogP contribution in [-0.2, 0) is 29.1 Å². The lowest BCUT2D eigenvalue weighted by Gasteiger charge is -2.27. The summed E-state index contributed by atoms with van der Waals surface area (Å²) in [4.78, 5) is 11.9. The highest BCUT2D eigenvalue weighted by atomic mass is 16.5. The lowest BCUT2D eigenvalue weighted by molar-refractivity contribution is -0.143. The first-order valence-electron chi connectivity index (χ1n) is 7.89. The Kier molecular flexibility index (Phi) is 5.01. The van der Waals surface area contributed by atoms with Gasteiger partial charge in [-0.15, -0.1) is 0 Å². The molecule has 2 aromatic carbocycles. The molecule has 0 saturated heterocycles. The Morgan fingerprint density at radius 1 is 1.17 bits per heavy atom. The number of benzene rings is 2. The van der Waals surface area contributed by atoms with Crippen LogP contribution in [0.25, 0.3) is 0 Å². The molecule has 126 valence electrons. The zero-order valence-electron chi connectivity index (χ0n) is 13.9.